The number of ether oxygens (including phenoxy) is 1. The van der Waals surface area contributed by atoms with E-state index in [1.165, 1.54) is 51.4 Å². The lowest BCUT2D eigenvalue weighted by atomic mass is 10.1. The van der Waals surface area contributed by atoms with Gasteiger partial charge >= 0.3 is 0 Å². The summed E-state index contributed by atoms with van der Waals surface area (Å²) < 4.78 is 6.00. The number of carbonyl (C=O) groups is 2. The molecule has 0 saturated carbocycles. The number of rotatable bonds is 16. The monoisotopic (exact) mass is 500 g/mol. The lowest BCUT2D eigenvalue weighted by molar-refractivity contribution is 0.102. The second-order valence-electron chi connectivity index (χ2n) is 9.42. The molecule has 0 unspecified atom stereocenters. The fraction of sp³-hybridized carbons (Fsp3) is 0.375. The van der Waals surface area contributed by atoms with E-state index in [2.05, 4.69) is 17.6 Å². The Balaban J connectivity index is 1.56. The maximum absolute atomic E-state index is 13.0. The minimum absolute atomic E-state index is 0.288. The summed E-state index contributed by atoms with van der Waals surface area (Å²) in [6.45, 7) is 2.80. The van der Waals surface area contributed by atoms with Crippen molar-refractivity contribution in [3.63, 3.8) is 0 Å². The molecule has 0 spiro atoms. The van der Waals surface area contributed by atoms with Crippen molar-refractivity contribution in [1.29, 1.82) is 0 Å². The predicted molar refractivity (Wildman–Crippen MR) is 153 cm³/mol. The van der Waals surface area contributed by atoms with Gasteiger partial charge in [-0.3, -0.25) is 9.59 Å². The van der Waals surface area contributed by atoms with E-state index in [1.807, 2.05) is 60.7 Å². The van der Waals surface area contributed by atoms with Crippen molar-refractivity contribution in [3.8, 4) is 5.75 Å². The van der Waals surface area contributed by atoms with Gasteiger partial charge in [0.15, 0.2) is 0 Å². The Hall–Kier alpha value is -3.60. The zero-order valence-corrected chi connectivity index (χ0v) is 22.0. The molecule has 2 amide bonds. The highest BCUT2D eigenvalue weighted by Gasteiger charge is 2.15. The Morgan fingerprint density at radius 3 is 1.49 bits per heavy atom. The van der Waals surface area contributed by atoms with E-state index >= 15 is 0 Å². The third-order valence-corrected chi connectivity index (χ3v) is 6.26. The number of nitrogens with one attached hydrogen (secondary N) is 2. The highest BCUT2D eigenvalue weighted by atomic mass is 16.5. The zero-order chi connectivity index (χ0) is 26.1. The zero-order valence-electron chi connectivity index (χ0n) is 22.0. The molecule has 0 fully saturated rings. The molecule has 0 bridgehead atoms. The van der Waals surface area contributed by atoms with Gasteiger partial charge in [0, 0.05) is 22.5 Å². The molecule has 0 radical (unpaired) electrons. The average Bonchev–Trinajstić information content (AvgIpc) is 2.92. The summed E-state index contributed by atoms with van der Waals surface area (Å²) in [7, 11) is 0. The number of para-hydroxylation sites is 2. The number of benzene rings is 3. The molecule has 0 atom stereocenters. The van der Waals surface area contributed by atoms with Crippen molar-refractivity contribution in [2.24, 2.45) is 0 Å². The van der Waals surface area contributed by atoms with E-state index in [1.54, 1.807) is 18.2 Å². The molecular weight excluding hydrogens is 460 g/mol. The second kappa shape index (κ2) is 16.2. The first-order valence-electron chi connectivity index (χ1n) is 13.7. The van der Waals surface area contributed by atoms with Crippen LogP contribution in [0.1, 0.15) is 91.8 Å². The molecule has 196 valence electrons. The van der Waals surface area contributed by atoms with Crippen LogP contribution in [0.2, 0.25) is 0 Å². The quantitative estimate of drug-likeness (QED) is 0.194. The van der Waals surface area contributed by atoms with Gasteiger partial charge in [0.2, 0.25) is 0 Å². The van der Waals surface area contributed by atoms with Crippen LogP contribution in [-0.2, 0) is 0 Å². The van der Waals surface area contributed by atoms with Crippen LogP contribution in [0, 0.1) is 0 Å². The van der Waals surface area contributed by atoms with E-state index in [9.17, 15) is 9.59 Å². The van der Waals surface area contributed by atoms with Crippen LogP contribution in [0.15, 0.2) is 78.9 Å². The summed E-state index contributed by atoms with van der Waals surface area (Å²) >= 11 is 0. The van der Waals surface area contributed by atoms with Crippen molar-refractivity contribution in [2.75, 3.05) is 17.2 Å². The maximum Gasteiger partial charge on any atom is 0.255 e. The fourth-order valence-electron chi connectivity index (χ4n) is 4.17. The number of anilines is 2. The molecule has 3 aromatic carbocycles. The van der Waals surface area contributed by atoms with Gasteiger partial charge in [0.05, 0.1) is 6.61 Å². The molecule has 0 heterocycles. The van der Waals surface area contributed by atoms with Gasteiger partial charge in [-0.2, -0.15) is 0 Å². The fourth-order valence-corrected chi connectivity index (χ4v) is 4.17. The molecule has 0 aliphatic heterocycles. The van der Waals surface area contributed by atoms with Gasteiger partial charge in [-0.25, -0.2) is 0 Å². The molecule has 0 aromatic heterocycles. The van der Waals surface area contributed by atoms with Gasteiger partial charge in [-0.1, -0.05) is 101 Å². The molecule has 0 aliphatic carbocycles. The Morgan fingerprint density at radius 1 is 0.595 bits per heavy atom. The van der Waals surface area contributed by atoms with Crippen molar-refractivity contribution in [1.82, 2.24) is 0 Å². The maximum atomic E-state index is 13.0. The standard InChI is InChI=1S/C32H40N2O3/c1-2-3-4-5-6-7-8-9-10-17-22-37-30-24-26(31(35)33-28-18-13-11-14-19-28)23-27(25-30)32(36)34-29-20-15-12-16-21-29/h11-16,18-21,23-25H,2-10,17,22H2,1H3,(H,33,35)(H,34,36). The lowest BCUT2D eigenvalue weighted by Crippen LogP contribution is -2.16. The van der Waals surface area contributed by atoms with Crippen LogP contribution in [0.25, 0.3) is 0 Å². The lowest BCUT2D eigenvalue weighted by Gasteiger charge is -2.12. The molecule has 3 aromatic rings. The minimum atomic E-state index is -0.288. The Labute approximate surface area is 221 Å². The van der Waals surface area contributed by atoms with Gasteiger partial charge in [0.25, 0.3) is 11.8 Å². The molecule has 3 rings (SSSR count). The number of hydrogen-bond donors (Lipinski definition) is 2. The highest BCUT2D eigenvalue weighted by molar-refractivity contribution is 6.09. The number of amides is 2. The Bertz CT molecular complexity index is 1010. The first kappa shape index (κ1) is 28.0. The van der Waals surface area contributed by atoms with Crippen molar-refractivity contribution >= 4 is 23.2 Å². The SMILES string of the molecule is CCCCCCCCCCCCOc1cc(C(=O)Nc2ccccc2)cc(C(=O)Nc2ccccc2)c1. The third-order valence-electron chi connectivity index (χ3n) is 6.26. The molecule has 37 heavy (non-hydrogen) atoms. The Kier molecular flexibility index (Phi) is 12.3. The van der Waals surface area contributed by atoms with Crippen LogP contribution in [-0.4, -0.2) is 18.4 Å². The molecule has 0 aliphatic rings. The normalized spacial score (nSPS) is 10.6. The average molecular weight is 501 g/mol. The van der Waals surface area contributed by atoms with Crippen LogP contribution in [0.4, 0.5) is 11.4 Å². The van der Waals surface area contributed by atoms with E-state index in [0.717, 1.165) is 12.8 Å². The van der Waals surface area contributed by atoms with Crippen molar-refractivity contribution in [2.45, 2.75) is 71.1 Å². The second-order valence-corrected chi connectivity index (χ2v) is 9.42. The van der Waals surface area contributed by atoms with Crippen LogP contribution < -0.4 is 15.4 Å². The molecular formula is C32H40N2O3. The number of hydrogen-bond acceptors (Lipinski definition) is 3. The van der Waals surface area contributed by atoms with E-state index in [-0.39, 0.29) is 11.8 Å². The van der Waals surface area contributed by atoms with Crippen molar-refractivity contribution in [3.05, 3.63) is 90.0 Å². The first-order chi connectivity index (χ1) is 18.2. The summed E-state index contributed by atoms with van der Waals surface area (Å²) in [6.07, 6.45) is 12.5. The summed E-state index contributed by atoms with van der Waals surface area (Å²) in [5.41, 5.74) is 2.14. The summed E-state index contributed by atoms with van der Waals surface area (Å²) in [5.74, 6) is -0.0523. The summed E-state index contributed by atoms with van der Waals surface area (Å²) in [4.78, 5) is 25.9. The summed E-state index contributed by atoms with van der Waals surface area (Å²) in [6, 6.07) is 23.5. The summed E-state index contributed by atoms with van der Waals surface area (Å²) in [5, 5.41) is 5.77. The van der Waals surface area contributed by atoms with Gasteiger partial charge < -0.3 is 15.4 Å². The molecule has 5 nitrogen and oxygen atoms in total. The van der Waals surface area contributed by atoms with Gasteiger partial charge in [-0.05, 0) is 48.9 Å². The van der Waals surface area contributed by atoms with Crippen LogP contribution in [0.5, 0.6) is 5.75 Å². The molecule has 0 saturated heterocycles. The van der Waals surface area contributed by atoms with Crippen LogP contribution in [0.3, 0.4) is 0 Å². The Morgan fingerprint density at radius 2 is 1.03 bits per heavy atom. The highest BCUT2D eigenvalue weighted by Crippen LogP contribution is 2.21. The van der Waals surface area contributed by atoms with Gasteiger partial charge in [0.1, 0.15) is 5.75 Å². The topological polar surface area (TPSA) is 67.4 Å². The smallest absolute Gasteiger partial charge is 0.255 e. The van der Waals surface area contributed by atoms with Gasteiger partial charge in [-0.15, -0.1) is 0 Å². The largest absolute Gasteiger partial charge is 0.494 e. The number of carbonyl (C=O) groups excluding carboxylic acids is 2. The van der Waals surface area contributed by atoms with E-state index in [0.29, 0.717) is 34.9 Å². The molecule has 5 heteroatoms. The molecule has 2 N–H and O–H groups in total. The third kappa shape index (κ3) is 10.5. The van der Waals surface area contributed by atoms with Crippen molar-refractivity contribution < 1.29 is 14.3 Å². The van der Waals surface area contributed by atoms with E-state index in [4.69, 9.17) is 4.74 Å². The predicted octanol–water partition coefficient (Wildman–Crippen LogP) is 8.49. The first-order valence-corrected chi connectivity index (χ1v) is 13.7. The minimum Gasteiger partial charge on any atom is -0.494 e. The van der Waals surface area contributed by atoms with Crippen LogP contribution >= 0.6 is 0 Å². The number of unbranched alkanes of at least 4 members (excludes halogenated alkanes) is 9. The van der Waals surface area contributed by atoms with E-state index < -0.39 is 0 Å².